The zero-order valence-corrected chi connectivity index (χ0v) is 37.7. The Morgan fingerprint density at radius 3 is 1.29 bits per heavy atom. The molecule has 0 fully saturated rings. The average molecular weight is 787 g/mol. The molecular formula is C51H94O5. The normalized spacial score (nSPS) is 12.4. The Hall–Kier alpha value is -1.88. The molecule has 0 amide bonds. The Morgan fingerprint density at radius 1 is 0.411 bits per heavy atom. The topological polar surface area (TPSA) is 61.8 Å². The lowest BCUT2D eigenvalue weighted by atomic mass is 10.0. The number of unbranched alkanes of at least 4 members (excludes halogenated alkanes) is 28. The van der Waals surface area contributed by atoms with Crippen LogP contribution in [0.1, 0.15) is 252 Å². The number of rotatable bonds is 45. The van der Waals surface area contributed by atoms with E-state index < -0.39 is 6.10 Å². The van der Waals surface area contributed by atoms with Gasteiger partial charge in [-0.3, -0.25) is 9.59 Å². The van der Waals surface area contributed by atoms with Crippen molar-refractivity contribution < 1.29 is 23.8 Å². The van der Waals surface area contributed by atoms with Gasteiger partial charge in [0.2, 0.25) is 0 Å². The molecule has 0 heterocycles. The van der Waals surface area contributed by atoms with E-state index in [4.69, 9.17) is 14.2 Å². The molecule has 328 valence electrons. The molecule has 0 radical (unpaired) electrons. The smallest absolute Gasteiger partial charge is 0.306 e. The van der Waals surface area contributed by atoms with Crippen LogP contribution in [-0.2, 0) is 23.8 Å². The molecule has 0 aliphatic heterocycles. The molecule has 0 aromatic rings. The van der Waals surface area contributed by atoms with Gasteiger partial charge in [-0.05, 0) is 51.4 Å². The Bertz CT molecular complexity index is 893. The lowest BCUT2D eigenvalue weighted by Crippen LogP contribution is -2.30. The molecule has 56 heavy (non-hydrogen) atoms. The summed E-state index contributed by atoms with van der Waals surface area (Å²) in [6, 6.07) is 0. The zero-order chi connectivity index (χ0) is 40.7. The van der Waals surface area contributed by atoms with E-state index in [1.54, 1.807) is 0 Å². The molecule has 0 aromatic heterocycles. The molecular weight excluding hydrogens is 693 g/mol. The number of carbonyl (C=O) groups excluding carboxylic acids is 2. The average Bonchev–Trinajstić information content (AvgIpc) is 3.20. The molecule has 0 aliphatic rings. The van der Waals surface area contributed by atoms with Gasteiger partial charge in [-0.25, -0.2) is 0 Å². The predicted octanol–water partition coefficient (Wildman–Crippen LogP) is 16.2. The summed E-state index contributed by atoms with van der Waals surface area (Å²) in [5.41, 5.74) is 0. The predicted molar refractivity (Wildman–Crippen MR) is 242 cm³/mol. The molecule has 0 N–H and O–H groups in total. The minimum atomic E-state index is -0.543. The number of hydrogen-bond donors (Lipinski definition) is 0. The third-order valence-electron chi connectivity index (χ3n) is 10.7. The van der Waals surface area contributed by atoms with Crippen molar-refractivity contribution in [1.29, 1.82) is 0 Å². The Kier molecular flexibility index (Phi) is 45.9. The standard InChI is InChI=1S/C51H94O5/c1-4-7-10-13-16-19-22-24-25-26-27-29-30-32-35-38-41-44-50(52)55-48-49(47-54-46-43-40-37-34-21-18-15-12-9-6-3)56-51(53)45-42-39-36-33-31-28-23-20-17-14-11-8-5-2/h8,11,17,20,28,31,49H,4-7,9-10,12-16,18-19,21-27,29-30,32-48H2,1-3H3/b11-8-,20-17-,31-28-. The van der Waals surface area contributed by atoms with Crippen LogP contribution >= 0.6 is 0 Å². The number of carbonyl (C=O) groups is 2. The quantitative estimate of drug-likeness (QED) is 0.0349. The van der Waals surface area contributed by atoms with E-state index in [0.29, 0.717) is 19.4 Å². The molecule has 0 saturated heterocycles. The van der Waals surface area contributed by atoms with Crippen molar-refractivity contribution in [1.82, 2.24) is 0 Å². The molecule has 0 saturated carbocycles. The molecule has 5 nitrogen and oxygen atoms in total. The number of allylic oxidation sites excluding steroid dienone is 6. The number of ether oxygens (including phenoxy) is 3. The third-order valence-corrected chi connectivity index (χ3v) is 10.7. The highest BCUT2D eigenvalue weighted by Gasteiger charge is 2.17. The number of esters is 2. The van der Waals surface area contributed by atoms with E-state index in [2.05, 4.69) is 57.2 Å². The fourth-order valence-corrected chi connectivity index (χ4v) is 7.05. The van der Waals surface area contributed by atoms with E-state index in [1.807, 2.05) is 0 Å². The molecule has 0 spiro atoms. The molecule has 1 atom stereocenters. The second-order valence-electron chi connectivity index (χ2n) is 16.4. The summed E-state index contributed by atoms with van der Waals surface area (Å²) < 4.78 is 17.3. The Morgan fingerprint density at radius 2 is 0.804 bits per heavy atom. The van der Waals surface area contributed by atoms with Gasteiger partial charge >= 0.3 is 11.9 Å². The van der Waals surface area contributed by atoms with Crippen LogP contribution in [0, 0.1) is 0 Å². The van der Waals surface area contributed by atoms with Crippen molar-refractivity contribution in [3.05, 3.63) is 36.5 Å². The summed E-state index contributed by atoms with van der Waals surface area (Å²) in [6.07, 6.45) is 55.8. The van der Waals surface area contributed by atoms with Crippen LogP contribution in [0.4, 0.5) is 0 Å². The minimum Gasteiger partial charge on any atom is -0.462 e. The van der Waals surface area contributed by atoms with E-state index in [0.717, 1.165) is 70.6 Å². The van der Waals surface area contributed by atoms with Crippen LogP contribution in [0.2, 0.25) is 0 Å². The Balaban J connectivity index is 4.20. The van der Waals surface area contributed by atoms with Crippen LogP contribution in [0.15, 0.2) is 36.5 Å². The monoisotopic (exact) mass is 787 g/mol. The van der Waals surface area contributed by atoms with Gasteiger partial charge in [-0.2, -0.15) is 0 Å². The van der Waals surface area contributed by atoms with Gasteiger partial charge in [-0.1, -0.05) is 224 Å². The summed E-state index contributed by atoms with van der Waals surface area (Å²) >= 11 is 0. The van der Waals surface area contributed by atoms with Gasteiger partial charge in [0.05, 0.1) is 6.61 Å². The van der Waals surface area contributed by atoms with E-state index in [-0.39, 0.29) is 25.2 Å². The van der Waals surface area contributed by atoms with E-state index in [1.165, 1.54) is 148 Å². The molecule has 0 bridgehead atoms. The maximum absolute atomic E-state index is 12.7. The van der Waals surface area contributed by atoms with Crippen LogP contribution in [0.25, 0.3) is 0 Å². The highest BCUT2D eigenvalue weighted by Crippen LogP contribution is 2.15. The summed E-state index contributed by atoms with van der Waals surface area (Å²) in [5, 5.41) is 0. The van der Waals surface area contributed by atoms with Gasteiger partial charge in [-0.15, -0.1) is 0 Å². The maximum atomic E-state index is 12.7. The second kappa shape index (κ2) is 47.5. The maximum Gasteiger partial charge on any atom is 0.306 e. The largest absolute Gasteiger partial charge is 0.462 e. The first-order valence-corrected chi connectivity index (χ1v) is 24.5. The lowest BCUT2D eigenvalue weighted by molar-refractivity contribution is -0.163. The van der Waals surface area contributed by atoms with E-state index in [9.17, 15) is 9.59 Å². The van der Waals surface area contributed by atoms with Crippen molar-refractivity contribution >= 4 is 11.9 Å². The first-order chi connectivity index (χ1) is 27.6. The highest BCUT2D eigenvalue weighted by molar-refractivity contribution is 5.70. The van der Waals surface area contributed by atoms with E-state index >= 15 is 0 Å². The van der Waals surface area contributed by atoms with Crippen molar-refractivity contribution in [2.24, 2.45) is 0 Å². The van der Waals surface area contributed by atoms with Crippen molar-refractivity contribution in [3.8, 4) is 0 Å². The van der Waals surface area contributed by atoms with Crippen LogP contribution in [-0.4, -0.2) is 37.9 Å². The first kappa shape index (κ1) is 54.1. The fraction of sp³-hybridized carbons (Fsp3) is 0.843. The molecule has 5 heteroatoms. The summed E-state index contributed by atoms with van der Waals surface area (Å²) in [4.78, 5) is 25.3. The minimum absolute atomic E-state index is 0.0791. The van der Waals surface area contributed by atoms with Gasteiger partial charge < -0.3 is 14.2 Å². The van der Waals surface area contributed by atoms with Crippen molar-refractivity contribution in [3.63, 3.8) is 0 Å². The third kappa shape index (κ3) is 44.8. The highest BCUT2D eigenvalue weighted by atomic mass is 16.6. The summed E-state index contributed by atoms with van der Waals surface area (Å²) in [7, 11) is 0. The second-order valence-corrected chi connectivity index (χ2v) is 16.4. The van der Waals surface area contributed by atoms with Crippen LogP contribution < -0.4 is 0 Å². The van der Waals surface area contributed by atoms with Crippen LogP contribution in [0.5, 0.6) is 0 Å². The molecule has 0 rings (SSSR count). The van der Waals surface area contributed by atoms with Crippen molar-refractivity contribution in [2.45, 2.75) is 258 Å². The zero-order valence-electron chi connectivity index (χ0n) is 37.7. The first-order valence-electron chi connectivity index (χ1n) is 24.5. The van der Waals surface area contributed by atoms with Crippen molar-refractivity contribution in [2.75, 3.05) is 19.8 Å². The van der Waals surface area contributed by atoms with Crippen LogP contribution in [0.3, 0.4) is 0 Å². The molecule has 1 unspecified atom stereocenters. The molecule has 0 aromatic carbocycles. The van der Waals surface area contributed by atoms with Gasteiger partial charge in [0.25, 0.3) is 0 Å². The number of hydrogen-bond acceptors (Lipinski definition) is 5. The lowest BCUT2D eigenvalue weighted by Gasteiger charge is -2.18. The van der Waals surface area contributed by atoms with Gasteiger partial charge in [0.15, 0.2) is 6.10 Å². The fourth-order valence-electron chi connectivity index (χ4n) is 7.05. The Labute approximate surface area is 349 Å². The molecule has 0 aliphatic carbocycles. The summed E-state index contributed by atoms with van der Waals surface area (Å²) in [6.45, 7) is 7.71. The summed E-state index contributed by atoms with van der Waals surface area (Å²) in [5.74, 6) is -0.418. The van der Waals surface area contributed by atoms with Gasteiger partial charge in [0, 0.05) is 19.4 Å². The SMILES string of the molecule is CC/C=C\C/C=C\C/C=C\CCCCCC(=O)OC(COCCCCCCCCCCCC)COC(=O)CCCCCCCCCCCCCCCCCCC. The van der Waals surface area contributed by atoms with Gasteiger partial charge in [0.1, 0.15) is 6.61 Å².